The number of aromatic nitrogens is 2. The van der Waals surface area contributed by atoms with Crippen molar-refractivity contribution < 1.29 is 4.74 Å². The van der Waals surface area contributed by atoms with Crippen molar-refractivity contribution in [3.8, 4) is 6.01 Å². The van der Waals surface area contributed by atoms with E-state index >= 15 is 0 Å². The summed E-state index contributed by atoms with van der Waals surface area (Å²) in [7, 11) is 4.08. The van der Waals surface area contributed by atoms with Crippen LogP contribution in [0.15, 0.2) is 6.20 Å². The van der Waals surface area contributed by atoms with Crippen LogP contribution in [0.1, 0.15) is 17.7 Å². The summed E-state index contributed by atoms with van der Waals surface area (Å²) in [6.45, 7) is 3.54. The van der Waals surface area contributed by atoms with E-state index in [2.05, 4.69) is 14.9 Å². The summed E-state index contributed by atoms with van der Waals surface area (Å²) in [5.41, 5.74) is 1.83. The van der Waals surface area contributed by atoms with Crippen molar-refractivity contribution in [2.45, 2.75) is 19.2 Å². The molecule has 0 aliphatic rings. The number of ether oxygens (including phenoxy) is 1. The Labute approximate surface area is 102 Å². The molecular formula is C11H18ClN3O. The summed E-state index contributed by atoms with van der Waals surface area (Å²) in [6.07, 6.45) is 2.68. The fourth-order valence-electron chi connectivity index (χ4n) is 1.22. The Kier molecular flexibility index (Phi) is 5.49. The van der Waals surface area contributed by atoms with Crippen molar-refractivity contribution in [2.75, 3.05) is 27.2 Å². The van der Waals surface area contributed by atoms with Gasteiger partial charge in [-0.1, -0.05) is 0 Å². The minimum absolute atomic E-state index is 0.435. The first-order chi connectivity index (χ1) is 7.63. The Morgan fingerprint density at radius 1 is 1.44 bits per heavy atom. The maximum Gasteiger partial charge on any atom is 0.316 e. The topological polar surface area (TPSA) is 38.2 Å². The number of halogens is 1. The molecule has 0 spiro atoms. The Bertz CT molecular complexity index is 331. The molecule has 1 heterocycles. The molecule has 4 nitrogen and oxygen atoms in total. The standard InChI is InChI=1S/C11H18ClN3O/c1-9-10(7-12)8-13-11(14-9)16-6-4-5-15(2)3/h8H,4-7H2,1-3H3. The second-order valence-corrected chi connectivity index (χ2v) is 4.17. The number of rotatable bonds is 6. The highest BCUT2D eigenvalue weighted by molar-refractivity contribution is 6.17. The average Bonchev–Trinajstić information content (AvgIpc) is 2.24. The van der Waals surface area contributed by atoms with Crippen LogP contribution in [0.3, 0.4) is 0 Å². The molecule has 1 aromatic rings. The van der Waals surface area contributed by atoms with Crippen LogP contribution in [0.25, 0.3) is 0 Å². The molecule has 90 valence electrons. The normalized spacial score (nSPS) is 10.8. The number of hydrogen-bond donors (Lipinski definition) is 0. The smallest absolute Gasteiger partial charge is 0.316 e. The van der Waals surface area contributed by atoms with Crippen molar-refractivity contribution in [3.05, 3.63) is 17.5 Å². The van der Waals surface area contributed by atoms with Gasteiger partial charge in [-0.25, -0.2) is 9.97 Å². The first-order valence-electron chi connectivity index (χ1n) is 5.29. The van der Waals surface area contributed by atoms with Gasteiger partial charge in [0.05, 0.1) is 12.5 Å². The van der Waals surface area contributed by atoms with Crippen LogP contribution in [0.5, 0.6) is 6.01 Å². The number of alkyl halides is 1. The van der Waals surface area contributed by atoms with E-state index in [1.807, 2.05) is 21.0 Å². The lowest BCUT2D eigenvalue weighted by Gasteiger charge is -2.10. The van der Waals surface area contributed by atoms with Crippen LogP contribution >= 0.6 is 11.6 Å². The van der Waals surface area contributed by atoms with Crippen molar-refractivity contribution >= 4 is 11.6 Å². The SMILES string of the molecule is Cc1nc(OCCCN(C)C)ncc1CCl. The summed E-state index contributed by atoms with van der Waals surface area (Å²) in [5, 5.41) is 0. The summed E-state index contributed by atoms with van der Waals surface area (Å²) in [4.78, 5) is 10.4. The molecule has 0 N–H and O–H groups in total. The average molecular weight is 244 g/mol. The van der Waals surface area contributed by atoms with Gasteiger partial charge in [0, 0.05) is 24.0 Å². The van der Waals surface area contributed by atoms with E-state index in [1.165, 1.54) is 0 Å². The Balaban J connectivity index is 2.40. The lowest BCUT2D eigenvalue weighted by atomic mass is 10.3. The fraction of sp³-hybridized carbons (Fsp3) is 0.636. The van der Waals surface area contributed by atoms with E-state index in [1.54, 1.807) is 6.20 Å². The minimum Gasteiger partial charge on any atom is -0.463 e. The van der Waals surface area contributed by atoms with E-state index < -0.39 is 0 Å². The third-order valence-electron chi connectivity index (χ3n) is 2.18. The van der Waals surface area contributed by atoms with Gasteiger partial charge in [0.2, 0.25) is 0 Å². The van der Waals surface area contributed by atoms with Gasteiger partial charge in [0.1, 0.15) is 0 Å². The molecule has 0 saturated heterocycles. The highest BCUT2D eigenvalue weighted by Gasteiger charge is 2.03. The molecule has 0 aliphatic carbocycles. The number of hydrogen-bond acceptors (Lipinski definition) is 4. The number of aryl methyl sites for hydroxylation is 1. The Morgan fingerprint density at radius 2 is 2.19 bits per heavy atom. The lowest BCUT2D eigenvalue weighted by molar-refractivity contribution is 0.263. The second-order valence-electron chi connectivity index (χ2n) is 3.90. The Hall–Kier alpha value is -0.870. The van der Waals surface area contributed by atoms with Crippen LogP contribution in [-0.4, -0.2) is 42.1 Å². The highest BCUT2D eigenvalue weighted by Crippen LogP contribution is 2.10. The minimum atomic E-state index is 0.435. The summed E-state index contributed by atoms with van der Waals surface area (Å²) < 4.78 is 5.44. The molecule has 0 radical (unpaired) electrons. The zero-order valence-electron chi connectivity index (χ0n) is 10.0. The quantitative estimate of drug-likeness (QED) is 0.565. The molecule has 0 atom stereocenters. The molecular weight excluding hydrogens is 226 g/mol. The molecule has 16 heavy (non-hydrogen) atoms. The van der Waals surface area contributed by atoms with Crippen molar-refractivity contribution in [2.24, 2.45) is 0 Å². The first kappa shape index (κ1) is 13.2. The third kappa shape index (κ3) is 4.33. The van der Waals surface area contributed by atoms with Crippen LogP contribution < -0.4 is 4.74 Å². The predicted octanol–water partition coefficient (Wildman–Crippen LogP) is 1.85. The second kappa shape index (κ2) is 6.66. The van der Waals surface area contributed by atoms with Gasteiger partial charge in [-0.3, -0.25) is 0 Å². The van der Waals surface area contributed by atoms with Crippen LogP contribution in [0, 0.1) is 6.92 Å². The van der Waals surface area contributed by atoms with Crippen molar-refractivity contribution in [1.29, 1.82) is 0 Å². The lowest BCUT2D eigenvalue weighted by Crippen LogP contribution is -2.16. The summed E-state index contributed by atoms with van der Waals surface area (Å²) >= 11 is 5.72. The van der Waals surface area contributed by atoms with Crippen LogP contribution in [-0.2, 0) is 5.88 Å². The molecule has 1 aromatic heterocycles. The van der Waals surface area contributed by atoms with Gasteiger partial charge in [0.25, 0.3) is 0 Å². The van der Waals surface area contributed by atoms with Crippen LogP contribution in [0.4, 0.5) is 0 Å². The molecule has 0 fully saturated rings. The highest BCUT2D eigenvalue weighted by atomic mass is 35.5. The van der Waals surface area contributed by atoms with Gasteiger partial charge < -0.3 is 9.64 Å². The molecule has 1 rings (SSSR count). The molecule has 0 aliphatic heterocycles. The number of nitrogens with zero attached hydrogens (tertiary/aromatic N) is 3. The fourth-order valence-corrected chi connectivity index (χ4v) is 1.48. The molecule has 0 unspecified atom stereocenters. The van der Waals surface area contributed by atoms with E-state index in [-0.39, 0.29) is 0 Å². The van der Waals surface area contributed by atoms with Gasteiger partial charge in [-0.05, 0) is 27.4 Å². The van der Waals surface area contributed by atoms with E-state index in [0.29, 0.717) is 18.5 Å². The predicted molar refractivity (Wildman–Crippen MR) is 65.0 cm³/mol. The van der Waals surface area contributed by atoms with Crippen molar-refractivity contribution in [3.63, 3.8) is 0 Å². The molecule has 0 aromatic carbocycles. The maximum atomic E-state index is 5.72. The zero-order chi connectivity index (χ0) is 12.0. The largest absolute Gasteiger partial charge is 0.463 e. The molecule has 0 amide bonds. The molecule has 5 heteroatoms. The first-order valence-corrected chi connectivity index (χ1v) is 5.83. The van der Waals surface area contributed by atoms with Gasteiger partial charge in [-0.2, -0.15) is 0 Å². The maximum absolute atomic E-state index is 5.72. The van der Waals surface area contributed by atoms with Gasteiger partial charge >= 0.3 is 6.01 Å². The zero-order valence-corrected chi connectivity index (χ0v) is 10.8. The molecule has 0 bridgehead atoms. The third-order valence-corrected chi connectivity index (χ3v) is 2.47. The van der Waals surface area contributed by atoms with E-state index in [9.17, 15) is 0 Å². The van der Waals surface area contributed by atoms with Gasteiger partial charge in [-0.15, -0.1) is 11.6 Å². The summed E-state index contributed by atoms with van der Waals surface area (Å²) in [6, 6.07) is 0.435. The van der Waals surface area contributed by atoms with Crippen LogP contribution in [0.2, 0.25) is 0 Å². The van der Waals surface area contributed by atoms with E-state index in [0.717, 1.165) is 24.2 Å². The monoisotopic (exact) mass is 243 g/mol. The molecule has 0 saturated carbocycles. The van der Waals surface area contributed by atoms with Gasteiger partial charge in [0.15, 0.2) is 0 Å². The summed E-state index contributed by atoms with van der Waals surface area (Å²) in [5.74, 6) is 0.437. The van der Waals surface area contributed by atoms with E-state index in [4.69, 9.17) is 16.3 Å². The van der Waals surface area contributed by atoms with Crippen molar-refractivity contribution in [1.82, 2.24) is 14.9 Å². The Morgan fingerprint density at radius 3 is 2.75 bits per heavy atom.